The first-order valence-electron chi connectivity index (χ1n) is 11.6. The predicted molar refractivity (Wildman–Crippen MR) is 133 cm³/mol. The summed E-state index contributed by atoms with van der Waals surface area (Å²) in [6, 6.07) is 12.7. The Kier molecular flexibility index (Phi) is 12.1. The van der Waals surface area contributed by atoms with Gasteiger partial charge in [-0.2, -0.15) is 0 Å². The van der Waals surface area contributed by atoms with Crippen LogP contribution in [0.4, 0.5) is 4.79 Å². The Labute approximate surface area is 252 Å². The quantitative estimate of drug-likeness (QED) is 0.116. The molecular weight excluding hydrogens is 557 g/mol. The molecule has 0 aromatic heterocycles. The smallest absolute Gasteiger partial charge is 0.731 e. The number of nitrogens with one attached hydrogen (secondary N) is 4. The Morgan fingerprint density at radius 1 is 1.00 bits per heavy atom. The van der Waals surface area contributed by atoms with Crippen LogP contribution in [0.25, 0.3) is 0 Å². The van der Waals surface area contributed by atoms with Crippen molar-refractivity contribution in [2.24, 2.45) is 0 Å². The number of ether oxygens (including phenoxy) is 1. The van der Waals surface area contributed by atoms with Gasteiger partial charge in [0.15, 0.2) is 10.3 Å². The van der Waals surface area contributed by atoms with E-state index in [9.17, 15) is 36.9 Å². The number of hydrogen-bond donors (Lipinski definition) is 4. The van der Waals surface area contributed by atoms with Crippen molar-refractivity contribution in [3.63, 3.8) is 0 Å². The van der Waals surface area contributed by atoms with E-state index in [1.54, 1.807) is 48.5 Å². The fourth-order valence-corrected chi connectivity index (χ4v) is 4.28. The maximum absolute atomic E-state index is 13.0. The first kappa shape index (κ1) is 32.7. The van der Waals surface area contributed by atoms with E-state index in [0.29, 0.717) is 11.1 Å². The van der Waals surface area contributed by atoms with E-state index in [0.717, 1.165) is 0 Å². The molecule has 5 amide bonds. The molecule has 1 heterocycles. The van der Waals surface area contributed by atoms with E-state index in [-0.39, 0.29) is 40.5 Å². The minimum atomic E-state index is -5.00. The molecule has 0 spiro atoms. The molecule has 2 aromatic carbocycles. The number of carbonyl (C=O) groups excluding carboxylic acids is 5. The van der Waals surface area contributed by atoms with Gasteiger partial charge in [0, 0.05) is 7.05 Å². The summed E-state index contributed by atoms with van der Waals surface area (Å²) in [5.41, 5.74) is 1.02. The van der Waals surface area contributed by atoms with Crippen molar-refractivity contribution in [1.82, 2.24) is 25.6 Å². The topological polar surface area (TPSA) is 203 Å². The van der Waals surface area contributed by atoms with Crippen LogP contribution in [0.15, 0.2) is 60.7 Å². The Balaban J connectivity index is 0.00000560. The molecule has 1 aliphatic heterocycles. The van der Waals surface area contributed by atoms with Crippen LogP contribution in [-0.4, -0.2) is 72.7 Å². The second kappa shape index (κ2) is 14.8. The van der Waals surface area contributed by atoms with Crippen LogP contribution in [0, 0.1) is 0 Å². The van der Waals surface area contributed by atoms with Gasteiger partial charge in [-0.15, -0.1) is 0 Å². The van der Waals surface area contributed by atoms with Gasteiger partial charge in [-0.3, -0.25) is 19.2 Å². The summed E-state index contributed by atoms with van der Waals surface area (Å²) >= 11 is 0. The minimum Gasteiger partial charge on any atom is -0.731 e. The second-order valence-corrected chi connectivity index (χ2v) is 9.67. The monoisotopic (exact) mass is 583 g/mol. The fraction of sp³-hybridized carbons (Fsp3) is 0.292. The van der Waals surface area contributed by atoms with E-state index in [1.165, 1.54) is 19.2 Å². The summed E-state index contributed by atoms with van der Waals surface area (Å²) in [7, 11) is -3.69. The third-order valence-corrected chi connectivity index (χ3v) is 6.51. The summed E-state index contributed by atoms with van der Waals surface area (Å²) < 4.78 is 38.3. The molecule has 3 rings (SSSR count). The molecule has 0 bridgehead atoms. The molecule has 0 radical (unpaired) electrons. The van der Waals surface area contributed by atoms with E-state index in [2.05, 4.69) is 21.3 Å². The summed E-state index contributed by atoms with van der Waals surface area (Å²) in [6.07, 6.45) is -1.51. The van der Waals surface area contributed by atoms with Gasteiger partial charge in [0.25, 0.3) is 5.91 Å². The predicted octanol–water partition coefficient (Wildman–Crippen LogP) is -3.93. The number of rotatable bonds is 11. The summed E-state index contributed by atoms with van der Waals surface area (Å²) in [6.45, 7) is -0.611. The molecule has 2 aromatic rings. The average Bonchev–Trinajstić information content (AvgIpc) is 2.91. The number of benzene rings is 2. The van der Waals surface area contributed by atoms with Crippen LogP contribution in [0.5, 0.6) is 0 Å². The van der Waals surface area contributed by atoms with Gasteiger partial charge in [-0.1, -0.05) is 60.7 Å². The molecule has 14 nitrogen and oxygen atoms in total. The van der Waals surface area contributed by atoms with Gasteiger partial charge < -0.3 is 30.6 Å². The van der Waals surface area contributed by atoms with E-state index < -0.39 is 71.1 Å². The zero-order chi connectivity index (χ0) is 28.6. The standard InChI is InChI=1S/C24H27N5O9S.Na/c1-25-21(31)17(27-24(34)38-14-15-8-4-2-5-9-15)12-19(30)28-20(16-10-6-3-7-11-16)22(32)26-18-13-29(23(18)33)39(35,36)37;/h2-11,17-18,20H,12-14H2,1H3,(H,25,31)(H,26,32)(H,27,34)(H,28,30)(H,35,36,37);/q;+1/p-1. The van der Waals surface area contributed by atoms with Crippen molar-refractivity contribution < 1.29 is 71.2 Å². The van der Waals surface area contributed by atoms with Crippen molar-refractivity contribution >= 4 is 40.0 Å². The Morgan fingerprint density at radius 3 is 2.15 bits per heavy atom. The maximum Gasteiger partial charge on any atom is 1.00 e. The Morgan fingerprint density at radius 2 is 1.60 bits per heavy atom. The van der Waals surface area contributed by atoms with Crippen molar-refractivity contribution in [3.8, 4) is 0 Å². The summed E-state index contributed by atoms with van der Waals surface area (Å²) in [5.74, 6) is -3.46. The number of carbonyl (C=O) groups is 5. The minimum absolute atomic E-state index is 0. The third-order valence-electron chi connectivity index (χ3n) is 5.64. The third kappa shape index (κ3) is 9.02. The molecule has 208 valence electrons. The molecular formula is C24H26N5NaO9S. The van der Waals surface area contributed by atoms with Crippen LogP contribution in [0.3, 0.4) is 0 Å². The normalized spacial score (nSPS) is 15.8. The van der Waals surface area contributed by atoms with Crippen LogP contribution in [-0.2, 0) is 40.8 Å². The molecule has 1 fully saturated rings. The molecule has 16 heteroatoms. The van der Waals surface area contributed by atoms with Crippen LogP contribution < -0.4 is 50.8 Å². The van der Waals surface area contributed by atoms with Crippen molar-refractivity contribution in [2.75, 3.05) is 13.6 Å². The first-order chi connectivity index (χ1) is 18.5. The number of likely N-dealkylation sites (N-methyl/N-ethyl adjacent to an activating group) is 1. The Hall–Kier alpha value is -3.50. The number of hydrogen-bond acceptors (Lipinski definition) is 9. The maximum atomic E-state index is 13.0. The fourth-order valence-electron chi connectivity index (χ4n) is 3.60. The van der Waals surface area contributed by atoms with E-state index >= 15 is 0 Å². The van der Waals surface area contributed by atoms with Gasteiger partial charge in [0.1, 0.15) is 24.7 Å². The van der Waals surface area contributed by atoms with Crippen LogP contribution in [0.2, 0.25) is 0 Å². The average molecular weight is 584 g/mol. The molecule has 3 atom stereocenters. The second-order valence-electron chi connectivity index (χ2n) is 8.38. The molecule has 4 N–H and O–H groups in total. The van der Waals surface area contributed by atoms with Gasteiger partial charge >= 0.3 is 35.7 Å². The SMILES string of the molecule is CNC(=O)C(CC(=O)NC(C(=O)NC1CN(S(=O)(=O)[O-])C1=O)c1ccccc1)NC(=O)OCc1ccccc1.[Na+]. The van der Waals surface area contributed by atoms with E-state index in [1.807, 2.05) is 0 Å². The van der Waals surface area contributed by atoms with Gasteiger partial charge in [-0.25, -0.2) is 17.5 Å². The molecule has 3 unspecified atom stereocenters. The largest absolute Gasteiger partial charge is 1.00 e. The molecule has 1 saturated heterocycles. The van der Waals surface area contributed by atoms with Crippen molar-refractivity contribution in [1.29, 1.82) is 0 Å². The number of amides is 5. The van der Waals surface area contributed by atoms with Crippen LogP contribution >= 0.6 is 0 Å². The van der Waals surface area contributed by atoms with Gasteiger partial charge in [-0.05, 0) is 11.1 Å². The zero-order valence-electron chi connectivity index (χ0n) is 21.7. The first-order valence-corrected chi connectivity index (χ1v) is 13.0. The number of alkyl carbamates (subject to hydrolysis) is 1. The number of nitrogens with zero attached hydrogens (tertiary/aromatic N) is 1. The molecule has 40 heavy (non-hydrogen) atoms. The zero-order valence-corrected chi connectivity index (χ0v) is 24.5. The Bertz CT molecular complexity index is 1330. The number of β-lactam (4-membered cyclic amide) rings is 1. The molecule has 0 aliphatic carbocycles. The summed E-state index contributed by atoms with van der Waals surface area (Å²) in [4.78, 5) is 62.4. The van der Waals surface area contributed by atoms with Crippen molar-refractivity contribution in [2.45, 2.75) is 31.2 Å². The summed E-state index contributed by atoms with van der Waals surface area (Å²) in [5, 5.41) is 9.41. The molecule has 0 saturated carbocycles. The van der Waals surface area contributed by atoms with Crippen LogP contribution in [0.1, 0.15) is 23.6 Å². The van der Waals surface area contributed by atoms with Crippen molar-refractivity contribution in [3.05, 3.63) is 71.8 Å². The van der Waals surface area contributed by atoms with Gasteiger partial charge in [0.05, 0.1) is 13.0 Å². The van der Waals surface area contributed by atoms with E-state index in [4.69, 9.17) is 4.74 Å². The van der Waals surface area contributed by atoms with Gasteiger partial charge in [0.2, 0.25) is 17.7 Å². The molecule has 1 aliphatic rings.